The monoisotopic (exact) mass is 293 g/mol. The van der Waals surface area contributed by atoms with Crippen molar-refractivity contribution in [3.8, 4) is 5.75 Å². The molecule has 20 heavy (non-hydrogen) atoms. The number of hydrogen-bond donors (Lipinski definition) is 0. The van der Waals surface area contributed by atoms with Crippen LogP contribution >= 0.6 is 11.3 Å². The summed E-state index contributed by atoms with van der Waals surface area (Å²) in [5, 5.41) is 0. The molecule has 5 heteroatoms. The zero-order valence-electron chi connectivity index (χ0n) is 11.1. The van der Waals surface area contributed by atoms with Gasteiger partial charge in [0.05, 0.1) is 6.54 Å². The predicted octanol–water partition coefficient (Wildman–Crippen LogP) is 3.01. The van der Waals surface area contributed by atoms with E-state index in [0.717, 1.165) is 19.3 Å². The van der Waals surface area contributed by atoms with Crippen LogP contribution in [0.2, 0.25) is 0 Å². The number of aromatic nitrogens is 1. The third-order valence-corrected chi connectivity index (χ3v) is 4.62. The molecule has 1 aliphatic rings. The number of benzene rings is 1. The van der Waals surface area contributed by atoms with Crippen molar-refractivity contribution in [3.63, 3.8) is 0 Å². The van der Waals surface area contributed by atoms with E-state index in [-0.39, 0.29) is 10.7 Å². The quantitative estimate of drug-likeness (QED) is 0.867. The van der Waals surface area contributed by atoms with E-state index in [1.54, 1.807) is 12.1 Å². The van der Waals surface area contributed by atoms with E-state index >= 15 is 0 Å². The van der Waals surface area contributed by atoms with Crippen LogP contribution in [0.4, 0.5) is 4.39 Å². The first kappa shape index (κ1) is 13.4. The SMILES string of the molecule is O=c1sc2c(n1CCOc1ccc(F)cc1)CCCC2. The Morgan fingerprint density at radius 3 is 2.75 bits per heavy atom. The molecule has 106 valence electrons. The second-order valence-corrected chi connectivity index (χ2v) is 5.95. The highest BCUT2D eigenvalue weighted by Crippen LogP contribution is 2.23. The van der Waals surface area contributed by atoms with Crippen molar-refractivity contribution in [1.82, 2.24) is 4.57 Å². The lowest BCUT2D eigenvalue weighted by molar-refractivity contribution is 0.294. The molecule has 2 aromatic rings. The minimum atomic E-state index is -0.277. The number of fused-ring (bicyclic) bond motifs is 1. The maximum Gasteiger partial charge on any atom is 0.307 e. The molecule has 0 amide bonds. The molecule has 1 aromatic heterocycles. The summed E-state index contributed by atoms with van der Waals surface area (Å²) < 4.78 is 20.2. The third kappa shape index (κ3) is 2.77. The fourth-order valence-electron chi connectivity index (χ4n) is 2.54. The molecule has 0 atom stereocenters. The van der Waals surface area contributed by atoms with Gasteiger partial charge in [0, 0.05) is 10.6 Å². The summed E-state index contributed by atoms with van der Waals surface area (Å²) in [5.41, 5.74) is 1.19. The van der Waals surface area contributed by atoms with Crippen LogP contribution in [-0.2, 0) is 19.4 Å². The standard InChI is InChI=1S/C15H16FNO2S/c16-11-5-7-12(8-6-11)19-10-9-17-13-3-1-2-4-14(13)20-15(17)18/h5-8H,1-4,9-10H2. The van der Waals surface area contributed by atoms with Crippen LogP contribution < -0.4 is 9.61 Å². The average Bonchev–Trinajstić information content (AvgIpc) is 2.77. The van der Waals surface area contributed by atoms with Gasteiger partial charge in [0.25, 0.3) is 0 Å². The summed E-state index contributed by atoms with van der Waals surface area (Å²) in [6.07, 6.45) is 4.35. The first-order valence-electron chi connectivity index (χ1n) is 6.84. The van der Waals surface area contributed by atoms with Gasteiger partial charge in [-0.25, -0.2) is 4.39 Å². The number of thiazole rings is 1. The number of rotatable bonds is 4. The lowest BCUT2D eigenvalue weighted by atomic mass is 10.0. The summed E-state index contributed by atoms with van der Waals surface area (Å²) in [7, 11) is 0. The molecule has 0 unspecified atom stereocenters. The zero-order valence-corrected chi connectivity index (χ0v) is 11.9. The minimum Gasteiger partial charge on any atom is -0.492 e. The fourth-order valence-corrected chi connectivity index (χ4v) is 3.64. The maximum absolute atomic E-state index is 12.8. The summed E-state index contributed by atoms with van der Waals surface area (Å²) in [5.74, 6) is 0.351. The highest BCUT2D eigenvalue weighted by atomic mass is 32.1. The van der Waals surface area contributed by atoms with Gasteiger partial charge < -0.3 is 4.74 Å². The Morgan fingerprint density at radius 1 is 1.20 bits per heavy atom. The van der Waals surface area contributed by atoms with Crippen molar-refractivity contribution in [2.24, 2.45) is 0 Å². The van der Waals surface area contributed by atoms with Crippen molar-refractivity contribution >= 4 is 11.3 Å². The summed E-state index contributed by atoms with van der Waals surface area (Å²) in [4.78, 5) is 13.3. The van der Waals surface area contributed by atoms with Crippen molar-refractivity contribution in [3.05, 3.63) is 50.3 Å². The highest BCUT2D eigenvalue weighted by molar-refractivity contribution is 7.09. The molecule has 1 aliphatic carbocycles. The Bertz CT molecular complexity index is 645. The molecule has 0 N–H and O–H groups in total. The number of hydrogen-bond acceptors (Lipinski definition) is 3. The molecule has 0 saturated heterocycles. The smallest absolute Gasteiger partial charge is 0.307 e. The van der Waals surface area contributed by atoms with Gasteiger partial charge in [-0.05, 0) is 49.9 Å². The first-order chi connectivity index (χ1) is 9.74. The number of nitrogens with zero attached hydrogens (tertiary/aromatic N) is 1. The van der Waals surface area contributed by atoms with E-state index in [9.17, 15) is 9.18 Å². The number of halogens is 1. The highest BCUT2D eigenvalue weighted by Gasteiger charge is 2.17. The Labute approximate surface area is 120 Å². The van der Waals surface area contributed by atoms with E-state index in [1.165, 1.54) is 40.5 Å². The van der Waals surface area contributed by atoms with Crippen LogP contribution in [0, 0.1) is 5.82 Å². The molecule has 1 aromatic carbocycles. The van der Waals surface area contributed by atoms with Gasteiger partial charge >= 0.3 is 4.87 Å². The molecule has 0 saturated carbocycles. The molecule has 1 heterocycles. The largest absolute Gasteiger partial charge is 0.492 e. The Balaban J connectivity index is 1.65. The second-order valence-electron chi connectivity index (χ2n) is 4.90. The second kappa shape index (κ2) is 5.79. The lowest BCUT2D eigenvalue weighted by Gasteiger charge is -2.14. The van der Waals surface area contributed by atoms with E-state index in [4.69, 9.17) is 4.74 Å². The molecule has 3 rings (SSSR count). The summed E-state index contributed by atoms with van der Waals surface area (Å²) >= 11 is 1.37. The van der Waals surface area contributed by atoms with Gasteiger partial charge in [0.1, 0.15) is 18.2 Å². The molecular weight excluding hydrogens is 277 g/mol. The summed E-state index contributed by atoms with van der Waals surface area (Å²) in [6, 6.07) is 5.93. The van der Waals surface area contributed by atoms with Gasteiger partial charge in [-0.2, -0.15) is 0 Å². The van der Waals surface area contributed by atoms with Crippen molar-refractivity contribution in [2.45, 2.75) is 32.2 Å². The van der Waals surface area contributed by atoms with E-state index in [2.05, 4.69) is 0 Å². The van der Waals surface area contributed by atoms with Crippen molar-refractivity contribution < 1.29 is 9.13 Å². The van der Waals surface area contributed by atoms with Crippen LogP contribution in [0.25, 0.3) is 0 Å². The van der Waals surface area contributed by atoms with Gasteiger partial charge in [-0.15, -0.1) is 0 Å². The fraction of sp³-hybridized carbons (Fsp3) is 0.400. The maximum atomic E-state index is 12.8. The predicted molar refractivity (Wildman–Crippen MR) is 77.1 cm³/mol. The van der Waals surface area contributed by atoms with Gasteiger partial charge in [0.2, 0.25) is 0 Å². The molecular formula is C15H16FNO2S. The van der Waals surface area contributed by atoms with Gasteiger partial charge in [-0.3, -0.25) is 9.36 Å². The van der Waals surface area contributed by atoms with Gasteiger partial charge in [0.15, 0.2) is 0 Å². The average molecular weight is 293 g/mol. The lowest BCUT2D eigenvalue weighted by Crippen LogP contribution is -2.21. The summed E-state index contributed by atoms with van der Waals surface area (Å²) in [6.45, 7) is 0.983. The van der Waals surface area contributed by atoms with Crippen LogP contribution in [0.15, 0.2) is 29.1 Å². The van der Waals surface area contributed by atoms with Crippen LogP contribution in [0.5, 0.6) is 5.75 Å². The van der Waals surface area contributed by atoms with E-state index in [1.807, 2.05) is 4.57 Å². The van der Waals surface area contributed by atoms with Crippen LogP contribution in [-0.4, -0.2) is 11.2 Å². The third-order valence-electron chi connectivity index (χ3n) is 3.54. The number of ether oxygens (including phenoxy) is 1. The number of aryl methyl sites for hydroxylation is 1. The van der Waals surface area contributed by atoms with E-state index in [0.29, 0.717) is 18.9 Å². The molecule has 0 fully saturated rings. The normalized spacial score (nSPS) is 14.1. The van der Waals surface area contributed by atoms with Gasteiger partial charge in [-0.1, -0.05) is 11.3 Å². The van der Waals surface area contributed by atoms with Crippen LogP contribution in [0.1, 0.15) is 23.4 Å². The van der Waals surface area contributed by atoms with Crippen LogP contribution in [0.3, 0.4) is 0 Å². The Hall–Kier alpha value is -1.62. The van der Waals surface area contributed by atoms with Crippen molar-refractivity contribution in [1.29, 1.82) is 0 Å². The first-order valence-corrected chi connectivity index (χ1v) is 7.65. The molecule has 3 nitrogen and oxygen atoms in total. The minimum absolute atomic E-state index is 0.111. The Morgan fingerprint density at radius 2 is 1.95 bits per heavy atom. The molecule has 0 bridgehead atoms. The topological polar surface area (TPSA) is 31.2 Å². The van der Waals surface area contributed by atoms with Crippen molar-refractivity contribution in [2.75, 3.05) is 6.61 Å². The molecule has 0 aliphatic heterocycles. The molecule has 0 radical (unpaired) electrons. The van der Waals surface area contributed by atoms with E-state index < -0.39 is 0 Å². The molecule has 0 spiro atoms. The Kier molecular flexibility index (Phi) is 3.87. The zero-order chi connectivity index (χ0) is 13.9.